The van der Waals surface area contributed by atoms with Gasteiger partial charge in [-0.2, -0.15) is 0 Å². The quantitative estimate of drug-likeness (QED) is 0.775. The van der Waals surface area contributed by atoms with Crippen LogP contribution in [0.1, 0.15) is 0 Å². The molecule has 0 unspecified atom stereocenters. The van der Waals surface area contributed by atoms with Crippen molar-refractivity contribution in [2.24, 2.45) is 0 Å². The Morgan fingerprint density at radius 2 is 1.62 bits per heavy atom. The largest absolute Gasteiger partial charge is 0.492 e. The molecule has 8 heteroatoms. The predicted molar refractivity (Wildman–Crippen MR) is 87.7 cm³/mol. The van der Waals surface area contributed by atoms with E-state index >= 15 is 0 Å². The van der Waals surface area contributed by atoms with E-state index in [1.54, 1.807) is 12.1 Å². The Morgan fingerprint density at radius 3 is 2.17 bits per heavy atom. The first-order chi connectivity index (χ1) is 11.3. The fourth-order valence-corrected chi connectivity index (χ4v) is 2.84. The lowest BCUT2D eigenvalue weighted by Crippen LogP contribution is -2.22. The number of nitrogens with one attached hydrogen (secondary N) is 1. The maximum absolute atomic E-state index is 13.0. The van der Waals surface area contributed by atoms with Gasteiger partial charge in [-0.25, -0.2) is 21.5 Å². The summed E-state index contributed by atoms with van der Waals surface area (Å²) in [6, 6.07) is 9.19. The van der Waals surface area contributed by atoms with Crippen LogP contribution in [0.2, 0.25) is 0 Å². The summed E-state index contributed by atoms with van der Waals surface area (Å²) >= 11 is 0. The van der Waals surface area contributed by atoms with Gasteiger partial charge in [-0.1, -0.05) is 0 Å². The van der Waals surface area contributed by atoms with Crippen LogP contribution in [0, 0.1) is 11.6 Å². The summed E-state index contributed by atoms with van der Waals surface area (Å²) in [4.78, 5) is 0.174. The van der Waals surface area contributed by atoms with Gasteiger partial charge in [0.25, 0.3) is 0 Å². The molecule has 0 radical (unpaired) electrons. The van der Waals surface area contributed by atoms with Crippen LogP contribution < -0.4 is 10.1 Å². The number of rotatable bonds is 7. The van der Waals surface area contributed by atoms with Crippen LogP contribution in [-0.4, -0.2) is 40.0 Å². The molecule has 0 aliphatic carbocycles. The molecule has 5 nitrogen and oxygen atoms in total. The lowest BCUT2D eigenvalue weighted by molar-refractivity contribution is 0.332. The molecule has 0 heterocycles. The summed E-state index contributed by atoms with van der Waals surface area (Å²) in [5.41, 5.74) is 0.323. The number of benzene rings is 2. The molecule has 0 aromatic heterocycles. The maximum atomic E-state index is 13.0. The molecule has 130 valence electrons. The molecule has 0 atom stereocenters. The molecule has 24 heavy (non-hydrogen) atoms. The fourth-order valence-electron chi connectivity index (χ4n) is 1.94. The van der Waals surface area contributed by atoms with Gasteiger partial charge in [0, 0.05) is 32.4 Å². The number of sulfonamides is 1. The van der Waals surface area contributed by atoms with E-state index in [1.807, 2.05) is 0 Å². The minimum atomic E-state index is -3.47. The van der Waals surface area contributed by atoms with Gasteiger partial charge in [-0.15, -0.1) is 0 Å². The van der Waals surface area contributed by atoms with Crippen molar-refractivity contribution in [3.63, 3.8) is 0 Å². The Kier molecular flexibility index (Phi) is 5.74. The van der Waals surface area contributed by atoms with E-state index in [-0.39, 0.29) is 11.5 Å². The molecule has 0 spiro atoms. The van der Waals surface area contributed by atoms with E-state index in [1.165, 1.54) is 38.4 Å². The van der Waals surface area contributed by atoms with Gasteiger partial charge in [0.15, 0.2) is 0 Å². The number of hydrogen-bond donors (Lipinski definition) is 1. The standard InChI is InChI=1S/C16H18F2N2O3S/c1-20(2)24(21,22)16-5-3-15(4-6-16)23-8-7-19-14-10-12(17)9-13(18)11-14/h3-6,9-11,19H,7-8H2,1-2H3. The number of anilines is 1. The summed E-state index contributed by atoms with van der Waals surface area (Å²) in [5, 5.41) is 2.84. The highest BCUT2D eigenvalue weighted by Crippen LogP contribution is 2.18. The number of ether oxygens (including phenoxy) is 1. The average molecular weight is 356 g/mol. The number of nitrogens with zero attached hydrogens (tertiary/aromatic N) is 1. The minimum absolute atomic E-state index is 0.174. The van der Waals surface area contributed by atoms with Crippen molar-refractivity contribution in [1.82, 2.24) is 4.31 Å². The molecule has 0 saturated carbocycles. The Balaban J connectivity index is 1.87. The Labute approximate surface area is 139 Å². The third-order valence-corrected chi connectivity index (χ3v) is 4.99. The molecule has 0 amide bonds. The highest BCUT2D eigenvalue weighted by molar-refractivity contribution is 7.89. The topological polar surface area (TPSA) is 58.6 Å². The molecule has 0 bridgehead atoms. The van der Waals surface area contributed by atoms with Crippen LogP contribution in [0.4, 0.5) is 14.5 Å². The smallest absolute Gasteiger partial charge is 0.242 e. The van der Waals surface area contributed by atoms with Crippen LogP contribution in [0.25, 0.3) is 0 Å². The zero-order valence-electron chi connectivity index (χ0n) is 13.3. The summed E-state index contributed by atoms with van der Waals surface area (Å²) in [7, 11) is -0.551. The second kappa shape index (κ2) is 7.59. The van der Waals surface area contributed by atoms with Gasteiger partial charge in [0.1, 0.15) is 24.0 Å². The van der Waals surface area contributed by atoms with E-state index in [0.717, 1.165) is 10.4 Å². The first kappa shape index (κ1) is 18.2. The van der Waals surface area contributed by atoms with E-state index < -0.39 is 21.7 Å². The van der Waals surface area contributed by atoms with Crippen molar-refractivity contribution in [3.05, 3.63) is 54.1 Å². The first-order valence-corrected chi connectivity index (χ1v) is 8.58. The zero-order chi connectivity index (χ0) is 17.7. The molecule has 0 saturated heterocycles. The molecule has 2 aromatic rings. The SMILES string of the molecule is CN(C)S(=O)(=O)c1ccc(OCCNc2cc(F)cc(F)c2)cc1. The van der Waals surface area contributed by atoms with E-state index in [0.29, 0.717) is 18.0 Å². The fraction of sp³-hybridized carbons (Fsp3) is 0.250. The van der Waals surface area contributed by atoms with Crippen molar-refractivity contribution >= 4 is 15.7 Å². The molecule has 0 aliphatic rings. The minimum Gasteiger partial charge on any atom is -0.492 e. The van der Waals surface area contributed by atoms with Crippen molar-refractivity contribution in [1.29, 1.82) is 0 Å². The van der Waals surface area contributed by atoms with Crippen LogP contribution in [0.3, 0.4) is 0 Å². The summed E-state index contributed by atoms with van der Waals surface area (Å²) in [5.74, 6) is -0.813. The van der Waals surface area contributed by atoms with Crippen molar-refractivity contribution < 1.29 is 21.9 Å². The Morgan fingerprint density at radius 1 is 1.04 bits per heavy atom. The monoisotopic (exact) mass is 356 g/mol. The molecule has 0 fully saturated rings. The number of hydrogen-bond acceptors (Lipinski definition) is 4. The predicted octanol–water partition coefficient (Wildman–Crippen LogP) is 2.71. The lowest BCUT2D eigenvalue weighted by atomic mass is 10.3. The highest BCUT2D eigenvalue weighted by Gasteiger charge is 2.16. The molecule has 2 aromatic carbocycles. The van der Waals surface area contributed by atoms with Gasteiger partial charge >= 0.3 is 0 Å². The average Bonchev–Trinajstić information content (AvgIpc) is 2.51. The van der Waals surface area contributed by atoms with Gasteiger partial charge < -0.3 is 10.1 Å². The van der Waals surface area contributed by atoms with Gasteiger partial charge in [-0.05, 0) is 36.4 Å². The van der Waals surface area contributed by atoms with Crippen LogP contribution in [0.5, 0.6) is 5.75 Å². The molecular formula is C16H18F2N2O3S. The molecule has 1 N–H and O–H groups in total. The molecule has 0 aliphatic heterocycles. The van der Waals surface area contributed by atoms with Crippen LogP contribution >= 0.6 is 0 Å². The van der Waals surface area contributed by atoms with Crippen molar-refractivity contribution in [3.8, 4) is 5.75 Å². The third kappa shape index (κ3) is 4.65. The van der Waals surface area contributed by atoms with E-state index in [4.69, 9.17) is 4.74 Å². The second-order valence-electron chi connectivity index (χ2n) is 5.19. The van der Waals surface area contributed by atoms with Crippen LogP contribution in [-0.2, 0) is 10.0 Å². The molecule has 2 rings (SSSR count). The third-order valence-electron chi connectivity index (χ3n) is 3.16. The first-order valence-electron chi connectivity index (χ1n) is 7.14. The summed E-state index contributed by atoms with van der Waals surface area (Å²) < 4.78 is 56.5. The van der Waals surface area contributed by atoms with Gasteiger partial charge in [0.2, 0.25) is 10.0 Å². The summed E-state index contributed by atoms with van der Waals surface area (Å²) in [6.07, 6.45) is 0. The van der Waals surface area contributed by atoms with E-state index in [2.05, 4.69) is 5.32 Å². The Bertz CT molecular complexity index is 773. The van der Waals surface area contributed by atoms with Crippen molar-refractivity contribution in [2.75, 3.05) is 32.6 Å². The Hall–Kier alpha value is -2.19. The van der Waals surface area contributed by atoms with Gasteiger partial charge in [-0.3, -0.25) is 0 Å². The van der Waals surface area contributed by atoms with Gasteiger partial charge in [0.05, 0.1) is 4.90 Å². The van der Waals surface area contributed by atoms with Crippen molar-refractivity contribution in [2.45, 2.75) is 4.90 Å². The van der Waals surface area contributed by atoms with Crippen LogP contribution in [0.15, 0.2) is 47.4 Å². The second-order valence-corrected chi connectivity index (χ2v) is 7.34. The maximum Gasteiger partial charge on any atom is 0.242 e. The number of halogens is 2. The van der Waals surface area contributed by atoms with E-state index in [9.17, 15) is 17.2 Å². The lowest BCUT2D eigenvalue weighted by Gasteiger charge is -2.12. The summed E-state index contributed by atoms with van der Waals surface area (Å²) in [6.45, 7) is 0.582. The zero-order valence-corrected chi connectivity index (χ0v) is 14.1. The highest BCUT2D eigenvalue weighted by atomic mass is 32.2. The molecular weight excluding hydrogens is 338 g/mol. The normalized spacial score (nSPS) is 11.5.